The number of nitrogens with one attached hydrogen (secondary N) is 1. The topological polar surface area (TPSA) is 90.7 Å². The SMILES string of the molecule is C[C@@H](NC(=O)COc1ccccc1)c1nnc2n1CCN(Cc1ccc3c(c1)OCO3)CC2. The number of hydrogen-bond donors (Lipinski definition) is 1. The largest absolute Gasteiger partial charge is 0.484 e. The van der Waals surface area contributed by atoms with Crippen molar-refractivity contribution in [3.8, 4) is 17.2 Å². The summed E-state index contributed by atoms with van der Waals surface area (Å²) in [6, 6.07) is 15.1. The first-order chi connectivity index (χ1) is 16.2. The second-order valence-corrected chi connectivity index (χ2v) is 8.23. The molecule has 1 atom stereocenters. The van der Waals surface area contributed by atoms with Gasteiger partial charge in [0.15, 0.2) is 23.9 Å². The standard InChI is InChI=1S/C24H27N5O4/c1-17(25-23(30)15-31-19-5-3-2-4-6-19)24-27-26-22-9-10-28(11-12-29(22)24)14-18-7-8-20-21(13-18)33-16-32-20/h2-8,13,17H,9-12,14-16H2,1H3,(H,25,30)/t17-/m1/s1. The Morgan fingerprint density at radius 2 is 1.94 bits per heavy atom. The molecule has 2 aliphatic rings. The van der Waals surface area contributed by atoms with E-state index in [0.717, 1.165) is 55.7 Å². The Morgan fingerprint density at radius 1 is 1.09 bits per heavy atom. The van der Waals surface area contributed by atoms with E-state index >= 15 is 0 Å². The summed E-state index contributed by atoms with van der Waals surface area (Å²) >= 11 is 0. The molecule has 0 bridgehead atoms. The molecule has 0 radical (unpaired) electrons. The molecule has 3 aromatic rings. The number of aromatic nitrogens is 3. The van der Waals surface area contributed by atoms with Crippen molar-refractivity contribution >= 4 is 5.91 Å². The molecule has 1 N–H and O–H groups in total. The van der Waals surface area contributed by atoms with Crippen LogP contribution >= 0.6 is 0 Å². The monoisotopic (exact) mass is 449 g/mol. The van der Waals surface area contributed by atoms with Crippen LogP contribution in [-0.4, -0.2) is 52.1 Å². The predicted octanol–water partition coefficient (Wildman–Crippen LogP) is 2.32. The highest BCUT2D eigenvalue weighted by molar-refractivity contribution is 5.77. The third-order valence-corrected chi connectivity index (χ3v) is 5.87. The molecule has 5 rings (SSSR count). The average Bonchev–Trinajstić information content (AvgIpc) is 3.42. The van der Waals surface area contributed by atoms with Gasteiger partial charge in [-0.25, -0.2) is 0 Å². The molecule has 0 saturated carbocycles. The minimum Gasteiger partial charge on any atom is -0.484 e. The lowest BCUT2D eigenvalue weighted by Crippen LogP contribution is -2.33. The molecular weight excluding hydrogens is 422 g/mol. The van der Waals surface area contributed by atoms with Crippen LogP contribution in [0.15, 0.2) is 48.5 Å². The van der Waals surface area contributed by atoms with Crippen LogP contribution in [0.25, 0.3) is 0 Å². The number of nitrogens with zero attached hydrogens (tertiary/aromatic N) is 4. The molecule has 2 aromatic carbocycles. The average molecular weight is 450 g/mol. The number of hydrogen-bond acceptors (Lipinski definition) is 7. The maximum absolute atomic E-state index is 12.4. The Bertz CT molecular complexity index is 1120. The van der Waals surface area contributed by atoms with Gasteiger partial charge in [0.1, 0.15) is 11.6 Å². The zero-order valence-electron chi connectivity index (χ0n) is 18.6. The Kier molecular flexibility index (Phi) is 6.12. The fourth-order valence-electron chi connectivity index (χ4n) is 4.18. The third kappa shape index (κ3) is 4.93. The van der Waals surface area contributed by atoms with Crippen molar-refractivity contribution in [1.29, 1.82) is 0 Å². The fraction of sp³-hybridized carbons (Fsp3) is 0.375. The number of benzene rings is 2. The van der Waals surface area contributed by atoms with Crippen molar-refractivity contribution < 1.29 is 19.0 Å². The number of ether oxygens (including phenoxy) is 3. The van der Waals surface area contributed by atoms with Gasteiger partial charge in [0.25, 0.3) is 5.91 Å². The smallest absolute Gasteiger partial charge is 0.258 e. The lowest BCUT2D eigenvalue weighted by atomic mass is 10.2. The normalized spacial score (nSPS) is 16.0. The Morgan fingerprint density at radius 3 is 2.82 bits per heavy atom. The Balaban J connectivity index is 1.17. The third-order valence-electron chi connectivity index (χ3n) is 5.87. The quantitative estimate of drug-likeness (QED) is 0.592. The molecule has 0 aliphatic carbocycles. The highest BCUT2D eigenvalue weighted by atomic mass is 16.7. The number of carbonyl (C=O) groups excluding carboxylic acids is 1. The van der Waals surface area contributed by atoms with Crippen LogP contribution in [0.5, 0.6) is 17.2 Å². The Hall–Kier alpha value is -3.59. The molecule has 9 nitrogen and oxygen atoms in total. The van der Waals surface area contributed by atoms with Gasteiger partial charge in [0, 0.05) is 32.6 Å². The van der Waals surface area contributed by atoms with Crippen LogP contribution in [0.1, 0.15) is 30.2 Å². The van der Waals surface area contributed by atoms with Gasteiger partial charge in [-0.15, -0.1) is 10.2 Å². The van der Waals surface area contributed by atoms with E-state index in [2.05, 4.69) is 31.0 Å². The highest BCUT2D eigenvalue weighted by Gasteiger charge is 2.23. The first-order valence-corrected chi connectivity index (χ1v) is 11.2. The number of rotatable bonds is 7. The second kappa shape index (κ2) is 9.50. The molecule has 3 heterocycles. The van der Waals surface area contributed by atoms with Crippen molar-refractivity contribution in [1.82, 2.24) is 25.0 Å². The highest BCUT2D eigenvalue weighted by Crippen LogP contribution is 2.33. The number of amides is 1. The van der Waals surface area contributed by atoms with E-state index in [1.807, 2.05) is 49.4 Å². The van der Waals surface area contributed by atoms with E-state index in [1.165, 1.54) is 5.56 Å². The van der Waals surface area contributed by atoms with Crippen molar-refractivity contribution in [3.63, 3.8) is 0 Å². The summed E-state index contributed by atoms with van der Waals surface area (Å²) in [7, 11) is 0. The van der Waals surface area contributed by atoms with Crippen molar-refractivity contribution in [2.75, 3.05) is 26.5 Å². The number of carbonyl (C=O) groups is 1. The van der Waals surface area contributed by atoms with Crippen LogP contribution in [0.3, 0.4) is 0 Å². The van der Waals surface area contributed by atoms with Gasteiger partial charge in [-0.2, -0.15) is 0 Å². The molecule has 0 fully saturated rings. The lowest BCUT2D eigenvalue weighted by Gasteiger charge is -2.20. The second-order valence-electron chi connectivity index (χ2n) is 8.23. The summed E-state index contributed by atoms with van der Waals surface area (Å²) in [6.07, 6.45) is 0.801. The first kappa shape index (κ1) is 21.3. The van der Waals surface area contributed by atoms with Gasteiger partial charge >= 0.3 is 0 Å². The molecular formula is C24H27N5O4. The van der Waals surface area contributed by atoms with E-state index in [1.54, 1.807) is 0 Å². The molecule has 0 saturated heterocycles. The molecule has 0 unspecified atom stereocenters. The van der Waals surface area contributed by atoms with E-state index in [9.17, 15) is 4.79 Å². The number of fused-ring (bicyclic) bond motifs is 2. The summed E-state index contributed by atoms with van der Waals surface area (Å²) in [6.45, 7) is 5.51. The molecule has 33 heavy (non-hydrogen) atoms. The Labute approximate surface area is 192 Å². The summed E-state index contributed by atoms with van der Waals surface area (Å²) in [5.74, 6) is 3.79. The first-order valence-electron chi connectivity index (χ1n) is 11.2. The van der Waals surface area contributed by atoms with E-state index in [0.29, 0.717) is 5.75 Å². The number of para-hydroxylation sites is 1. The van der Waals surface area contributed by atoms with Crippen LogP contribution in [-0.2, 0) is 24.3 Å². The van der Waals surface area contributed by atoms with Crippen LogP contribution in [0.2, 0.25) is 0 Å². The zero-order chi connectivity index (χ0) is 22.6. The minimum atomic E-state index is -0.265. The maximum Gasteiger partial charge on any atom is 0.258 e. The zero-order valence-corrected chi connectivity index (χ0v) is 18.6. The molecule has 0 spiro atoms. The van der Waals surface area contributed by atoms with Gasteiger partial charge in [0.05, 0.1) is 6.04 Å². The van der Waals surface area contributed by atoms with Crippen LogP contribution in [0.4, 0.5) is 0 Å². The molecule has 9 heteroatoms. The van der Waals surface area contributed by atoms with Gasteiger partial charge < -0.3 is 24.1 Å². The summed E-state index contributed by atoms with van der Waals surface area (Å²) in [4.78, 5) is 14.8. The van der Waals surface area contributed by atoms with Crippen molar-refractivity contribution in [3.05, 3.63) is 65.7 Å². The van der Waals surface area contributed by atoms with Crippen LogP contribution < -0.4 is 19.5 Å². The van der Waals surface area contributed by atoms with E-state index in [4.69, 9.17) is 14.2 Å². The molecule has 172 valence electrons. The molecule has 1 amide bonds. The summed E-state index contributed by atoms with van der Waals surface area (Å²) in [5.41, 5.74) is 1.19. The fourth-order valence-corrected chi connectivity index (χ4v) is 4.18. The summed E-state index contributed by atoms with van der Waals surface area (Å²) < 4.78 is 18.6. The van der Waals surface area contributed by atoms with Gasteiger partial charge in [-0.3, -0.25) is 9.69 Å². The minimum absolute atomic E-state index is 0.0430. The van der Waals surface area contributed by atoms with Gasteiger partial charge in [-0.1, -0.05) is 24.3 Å². The van der Waals surface area contributed by atoms with Crippen LogP contribution in [0, 0.1) is 0 Å². The summed E-state index contributed by atoms with van der Waals surface area (Å²) in [5, 5.41) is 11.7. The molecule has 2 aliphatic heterocycles. The predicted molar refractivity (Wildman–Crippen MR) is 120 cm³/mol. The van der Waals surface area contributed by atoms with Gasteiger partial charge in [0.2, 0.25) is 6.79 Å². The van der Waals surface area contributed by atoms with E-state index in [-0.39, 0.29) is 25.3 Å². The van der Waals surface area contributed by atoms with Crippen molar-refractivity contribution in [2.24, 2.45) is 0 Å². The maximum atomic E-state index is 12.4. The van der Waals surface area contributed by atoms with Gasteiger partial charge in [-0.05, 0) is 36.8 Å². The van der Waals surface area contributed by atoms with Crippen molar-refractivity contribution in [2.45, 2.75) is 32.5 Å². The van der Waals surface area contributed by atoms with E-state index < -0.39 is 0 Å². The molecule has 1 aromatic heterocycles. The lowest BCUT2D eigenvalue weighted by molar-refractivity contribution is -0.123.